The summed E-state index contributed by atoms with van der Waals surface area (Å²) in [7, 11) is -3.21. The summed E-state index contributed by atoms with van der Waals surface area (Å²) < 4.78 is 32.9. The van der Waals surface area contributed by atoms with E-state index in [2.05, 4.69) is 14.5 Å². The van der Waals surface area contributed by atoms with Gasteiger partial charge < -0.3 is 9.30 Å². The van der Waals surface area contributed by atoms with Gasteiger partial charge in [0.25, 0.3) is 0 Å². The summed E-state index contributed by atoms with van der Waals surface area (Å²) in [5.41, 5.74) is 1.06. The summed E-state index contributed by atoms with van der Waals surface area (Å²) >= 11 is 0. The van der Waals surface area contributed by atoms with Crippen LogP contribution in [0.5, 0.6) is 5.75 Å². The highest BCUT2D eigenvalue weighted by Crippen LogP contribution is 2.27. The monoisotopic (exact) mass is 336 g/mol. The molecule has 1 aliphatic rings. The summed E-state index contributed by atoms with van der Waals surface area (Å²) in [6.07, 6.45) is 7.15. The molecule has 0 N–H and O–H groups in total. The molecule has 0 aliphatic carbocycles. The number of aromatic nitrogens is 3. The van der Waals surface area contributed by atoms with Crippen LogP contribution in [0.2, 0.25) is 0 Å². The molecule has 0 radical (unpaired) electrons. The average molecular weight is 336 g/mol. The lowest BCUT2D eigenvalue weighted by Gasteiger charge is -2.32. The zero-order valence-electron chi connectivity index (χ0n) is 13.2. The Kier molecular flexibility index (Phi) is 4.36. The van der Waals surface area contributed by atoms with E-state index in [1.165, 1.54) is 10.6 Å². The molecule has 0 saturated heterocycles. The van der Waals surface area contributed by atoms with E-state index in [0.717, 1.165) is 17.3 Å². The number of sulfonamides is 1. The van der Waals surface area contributed by atoms with Crippen LogP contribution in [0, 0.1) is 0 Å². The molecule has 7 nitrogen and oxygen atoms in total. The summed E-state index contributed by atoms with van der Waals surface area (Å²) in [6.45, 7) is 3.49. The van der Waals surface area contributed by atoms with Gasteiger partial charge in [0.2, 0.25) is 10.0 Å². The van der Waals surface area contributed by atoms with Gasteiger partial charge >= 0.3 is 0 Å². The predicted octanol–water partition coefficient (Wildman–Crippen LogP) is 1.24. The molecule has 3 heterocycles. The van der Waals surface area contributed by atoms with Crippen LogP contribution in [0.3, 0.4) is 0 Å². The minimum absolute atomic E-state index is 0.244. The molecule has 0 amide bonds. The number of hydrogen-bond donors (Lipinski definition) is 0. The number of nitrogens with zero attached hydrogens (tertiary/aromatic N) is 4. The third-order valence-corrected chi connectivity index (χ3v) is 5.36. The molecule has 0 bridgehead atoms. The van der Waals surface area contributed by atoms with Crippen LogP contribution in [-0.4, -0.2) is 46.7 Å². The van der Waals surface area contributed by atoms with Gasteiger partial charge in [0.1, 0.15) is 11.6 Å². The lowest BCUT2D eigenvalue weighted by molar-refractivity contribution is 0.270. The first-order valence-electron chi connectivity index (χ1n) is 7.51. The first kappa shape index (κ1) is 15.9. The Hall–Kier alpha value is -1.93. The predicted molar refractivity (Wildman–Crippen MR) is 85.6 cm³/mol. The van der Waals surface area contributed by atoms with Crippen molar-refractivity contribution in [2.45, 2.75) is 25.9 Å². The molecule has 0 spiro atoms. The van der Waals surface area contributed by atoms with Crippen LogP contribution in [0.1, 0.15) is 24.5 Å². The fraction of sp³-hybridized carbons (Fsp3) is 0.467. The molecule has 124 valence electrons. The van der Waals surface area contributed by atoms with Crippen molar-refractivity contribution in [2.75, 3.05) is 19.4 Å². The smallest absolute Gasteiger partial charge is 0.211 e. The third kappa shape index (κ3) is 3.37. The Labute approximate surface area is 136 Å². The van der Waals surface area contributed by atoms with Crippen molar-refractivity contribution in [1.82, 2.24) is 18.8 Å². The normalized spacial score (nSPS) is 18.6. The van der Waals surface area contributed by atoms with Gasteiger partial charge in [-0.05, 0) is 19.1 Å². The van der Waals surface area contributed by atoms with Crippen molar-refractivity contribution in [3.05, 3.63) is 42.2 Å². The minimum Gasteiger partial charge on any atom is -0.492 e. The van der Waals surface area contributed by atoms with E-state index in [1.54, 1.807) is 12.4 Å². The van der Waals surface area contributed by atoms with Crippen LogP contribution in [0.4, 0.5) is 0 Å². The van der Waals surface area contributed by atoms with Crippen LogP contribution < -0.4 is 4.74 Å². The highest BCUT2D eigenvalue weighted by Gasteiger charge is 2.32. The number of hydrogen-bond acceptors (Lipinski definition) is 5. The summed E-state index contributed by atoms with van der Waals surface area (Å²) in [5, 5.41) is 0. The van der Waals surface area contributed by atoms with Crippen molar-refractivity contribution in [1.29, 1.82) is 0 Å². The van der Waals surface area contributed by atoms with Gasteiger partial charge in [0.05, 0.1) is 25.1 Å². The van der Waals surface area contributed by atoms with Gasteiger partial charge in [0.15, 0.2) is 0 Å². The van der Waals surface area contributed by atoms with E-state index in [9.17, 15) is 8.42 Å². The first-order valence-corrected chi connectivity index (χ1v) is 9.35. The highest BCUT2D eigenvalue weighted by molar-refractivity contribution is 7.88. The number of imidazole rings is 1. The number of rotatable bonds is 5. The summed E-state index contributed by atoms with van der Waals surface area (Å²) in [6, 6.07) is 3.45. The fourth-order valence-corrected chi connectivity index (χ4v) is 3.98. The van der Waals surface area contributed by atoms with Gasteiger partial charge in [-0.3, -0.25) is 4.98 Å². The third-order valence-electron chi connectivity index (χ3n) is 4.01. The molecular weight excluding hydrogens is 316 g/mol. The van der Waals surface area contributed by atoms with Crippen molar-refractivity contribution in [3.8, 4) is 5.75 Å². The molecule has 0 aromatic carbocycles. The van der Waals surface area contributed by atoms with Crippen molar-refractivity contribution in [3.63, 3.8) is 0 Å². The standard InChI is InChI=1S/C15H20N4O3S/c1-12-15-17-10-13(5-9-22-14-4-3-6-16-11-14)18(15)7-8-19(12)23(2,20)21/h3-4,6,10-12H,5,7-9H2,1-2H3. The average Bonchev–Trinajstić information content (AvgIpc) is 2.92. The minimum atomic E-state index is -3.21. The van der Waals surface area contributed by atoms with Crippen molar-refractivity contribution in [2.24, 2.45) is 0 Å². The fourth-order valence-electron chi connectivity index (χ4n) is 2.90. The lowest BCUT2D eigenvalue weighted by atomic mass is 10.2. The molecule has 3 rings (SSSR count). The lowest BCUT2D eigenvalue weighted by Crippen LogP contribution is -2.41. The molecule has 1 aliphatic heterocycles. The van der Waals surface area contributed by atoms with Gasteiger partial charge in [-0.2, -0.15) is 4.31 Å². The van der Waals surface area contributed by atoms with Gasteiger partial charge in [-0.25, -0.2) is 13.4 Å². The quantitative estimate of drug-likeness (QED) is 0.821. The Morgan fingerprint density at radius 3 is 2.87 bits per heavy atom. The van der Waals surface area contributed by atoms with Crippen molar-refractivity contribution >= 4 is 10.0 Å². The molecule has 2 aromatic rings. The van der Waals surface area contributed by atoms with Crippen LogP contribution in [0.25, 0.3) is 0 Å². The summed E-state index contributed by atoms with van der Waals surface area (Å²) in [5.74, 6) is 1.53. The maximum atomic E-state index is 11.8. The zero-order chi connectivity index (χ0) is 16.4. The molecule has 1 unspecified atom stereocenters. The molecule has 8 heteroatoms. The molecular formula is C15H20N4O3S. The van der Waals surface area contributed by atoms with E-state index in [1.807, 2.05) is 25.3 Å². The van der Waals surface area contributed by atoms with Gasteiger partial charge in [-0.1, -0.05) is 0 Å². The van der Waals surface area contributed by atoms with Crippen LogP contribution in [-0.2, 0) is 23.0 Å². The Morgan fingerprint density at radius 1 is 1.35 bits per heavy atom. The van der Waals surface area contributed by atoms with Crippen molar-refractivity contribution < 1.29 is 13.2 Å². The van der Waals surface area contributed by atoms with E-state index in [4.69, 9.17) is 4.74 Å². The Morgan fingerprint density at radius 2 is 2.17 bits per heavy atom. The second kappa shape index (κ2) is 6.29. The van der Waals surface area contributed by atoms with E-state index < -0.39 is 10.0 Å². The van der Waals surface area contributed by atoms with Gasteiger partial charge in [0, 0.05) is 37.6 Å². The second-order valence-corrected chi connectivity index (χ2v) is 7.53. The topological polar surface area (TPSA) is 77.3 Å². The van der Waals surface area contributed by atoms with Gasteiger partial charge in [-0.15, -0.1) is 0 Å². The number of fused-ring (bicyclic) bond motifs is 1. The molecule has 0 fully saturated rings. The first-order chi connectivity index (χ1) is 11.0. The van der Waals surface area contributed by atoms with E-state index in [-0.39, 0.29) is 6.04 Å². The summed E-state index contributed by atoms with van der Waals surface area (Å²) in [4.78, 5) is 8.42. The Balaban J connectivity index is 1.68. The SMILES string of the molecule is CC1c2ncc(CCOc3cccnc3)n2CCN1S(C)(=O)=O. The molecule has 23 heavy (non-hydrogen) atoms. The Bertz CT molecular complexity index is 773. The van der Waals surface area contributed by atoms with Crippen LogP contribution >= 0.6 is 0 Å². The van der Waals surface area contributed by atoms with E-state index >= 15 is 0 Å². The number of pyridine rings is 1. The highest BCUT2D eigenvalue weighted by atomic mass is 32.2. The zero-order valence-corrected chi connectivity index (χ0v) is 14.0. The molecule has 2 aromatic heterocycles. The molecule has 1 atom stereocenters. The maximum Gasteiger partial charge on any atom is 0.211 e. The largest absolute Gasteiger partial charge is 0.492 e. The van der Waals surface area contributed by atoms with E-state index in [0.29, 0.717) is 26.1 Å². The number of ether oxygens (including phenoxy) is 1. The maximum absolute atomic E-state index is 11.8. The van der Waals surface area contributed by atoms with Crippen LogP contribution in [0.15, 0.2) is 30.7 Å². The second-order valence-electron chi connectivity index (χ2n) is 5.60. The molecule has 0 saturated carbocycles.